The van der Waals surface area contributed by atoms with Gasteiger partial charge in [0.1, 0.15) is 0 Å². The van der Waals surface area contributed by atoms with Crippen LogP contribution in [0.4, 0.5) is 0 Å². The van der Waals surface area contributed by atoms with Gasteiger partial charge in [-0.25, -0.2) is 0 Å². The molecule has 0 aliphatic rings. The van der Waals surface area contributed by atoms with Crippen molar-refractivity contribution >= 4 is 13.3 Å². The molecule has 0 fully saturated rings. The smallest absolute Gasteiger partial charge is 0.0815 e. The number of benzene rings is 2. The molecule has 20 heavy (non-hydrogen) atoms. The fourth-order valence-electron chi connectivity index (χ4n) is 2.79. The zero-order valence-electron chi connectivity index (χ0n) is 12.7. The lowest BCUT2D eigenvalue weighted by Gasteiger charge is -2.27. The van der Waals surface area contributed by atoms with Gasteiger partial charge in [-0.05, 0) is 24.4 Å². The highest BCUT2D eigenvalue weighted by Gasteiger charge is 2.26. The molecular formula is C19H24Si. The highest BCUT2D eigenvalue weighted by atomic mass is 28.3. The first kappa shape index (κ1) is 14.8. The van der Waals surface area contributed by atoms with E-state index in [-0.39, 0.29) is 0 Å². The molecule has 104 valence electrons. The summed E-state index contributed by atoms with van der Waals surface area (Å²) in [5.41, 5.74) is 1.43. The Morgan fingerprint density at radius 3 is 2.00 bits per heavy atom. The van der Waals surface area contributed by atoms with Gasteiger partial charge < -0.3 is 0 Å². The van der Waals surface area contributed by atoms with Crippen LogP contribution in [-0.4, -0.2) is 8.07 Å². The van der Waals surface area contributed by atoms with E-state index in [0.717, 1.165) is 0 Å². The van der Waals surface area contributed by atoms with Crippen LogP contribution >= 0.6 is 0 Å². The highest BCUT2D eigenvalue weighted by molar-refractivity contribution is 6.89. The Morgan fingerprint density at radius 1 is 0.900 bits per heavy atom. The largest absolute Gasteiger partial charge is 0.0911 e. The molecule has 0 bridgehead atoms. The van der Waals surface area contributed by atoms with E-state index in [1.165, 1.54) is 11.6 Å². The Bertz CT molecular complexity index is 540. The SMILES string of the molecule is C/C=C/C(C[Si](C)(C)c1ccccc1)c1ccccc1. The van der Waals surface area contributed by atoms with Crippen molar-refractivity contribution < 1.29 is 0 Å². The van der Waals surface area contributed by atoms with Crippen molar-refractivity contribution in [3.63, 3.8) is 0 Å². The van der Waals surface area contributed by atoms with E-state index in [2.05, 4.69) is 92.8 Å². The predicted octanol–water partition coefficient (Wildman–Crippen LogP) is 4.96. The second kappa shape index (κ2) is 6.71. The molecule has 1 unspecified atom stereocenters. The molecule has 0 aliphatic heterocycles. The molecule has 0 spiro atoms. The maximum Gasteiger partial charge on any atom is 0.0815 e. The molecule has 0 amide bonds. The van der Waals surface area contributed by atoms with E-state index in [1.54, 1.807) is 5.19 Å². The molecule has 2 rings (SSSR count). The van der Waals surface area contributed by atoms with Gasteiger partial charge >= 0.3 is 0 Å². The summed E-state index contributed by atoms with van der Waals surface area (Å²) in [6.07, 6.45) is 4.54. The minimum Gasteiger partial charge on any atom is -0.0911 e. The maximum absolute atomic E-state index is 2.47. The van der Waals surface area contributed by atoms with Crippen molar-refractivity contribution in [2.45, 2.75) is 32.0 Å². The Balaban J connectivity index is 2.24. The lowest BCUT2D eigenvalue weighted by Crippen LogP contribution is -2.42. The topological polar surface area (TPSA) is 0 Å². The fourth-order valence-corrected chi connectivity index (χ4v) is 5.59. The Hall–Kier alpha value is -1.60. The molecular weight excluding hydrogens is 256 g/mol. The zero-order valence-corrected chi connectivity index (χ0v) is 13.7. The summed E-state index contributed by atoms with van der Waals surface area (Å²) in [4.78, 5) is 0. The summed E-state index contributed by atoms with van der Waals surface area (Å²) < 4.78 is 0. The molecule has 1 atom stereocenters. The minimum absolute atomic E-state index is 0.531. The van der Waals surface area contributed by atoms with Crippen LogP contribution in [0.25, 0.3) is 0 Å². The fraction of sp³-hybridized carbons (Fsp3) is 0.263. The van der Waals surface area contributed by atoms with E-state index in [1.807, 2.05) is 0 Å². The molecule has 0 saturated carbocycles. The molecule has 2 aromatic rings. The average Bonchev–Trinajstić information content (AvgIpc) is 2.48. The van der Waals surface area contributed by atoms with Crippen molar-refractivity contribution in [1.82, 2.24) is 0 Å². The molecule has 0 heterocycles. The van der Waals surface area contributed by atoms with Gasteiger partial charge in [0.15, 0.2) is 0 Å². The van der Waals surface area contributed by atoms with E-state index >= 15 is 0 Å². The van der Waals surface area contributed by atoms with Crippen molar-refractivity contribution in [2.24, 2.45) is 0 Å². The summed E-state index contributed by atoms with van der Waals surface area (Å²) >= 11 is 0. The quantitative estimate of drug-likeness (QED) is 0.536. The van der Waals surface area contributed by atoms with E-state index in [0.29, 0.717) is 5.92 Å². The monoisotopic (exact) mass is 280 g/mol. The van der Waals surface area contributed by atoms with Crippen LogP contribution in [0.3, 0.4) is 0 Å². The van der Waals surface area contributed by atoms with Crippen LogP contribution in [0.2, 0.25) is 19.1 Å². The summed E-state index contributed by atoms with van der Waals surface area (Å²) in [6, 6.07) is 23.2. The van der Waals surface area contributed by atoms with Crippen LogP contribution < -0.4 is 5.19 Å². The molecule has 0 aromatic heterocycles. The van der Waals surface area contributed by atoms with Crippen LogP contribution in [0.5, 0.6) is 0 Å². The van der Waals surface area contributed by atoms with Crippen LogP contribution in [0.1, 0.15) is 18.4 Å². The third kappa shape index (κ3) is 3.70. The summed E-state index contributed by atoms with van der Waals surface area (Å²) in [7, 11) is -1.41. The van der Waals surface area contributed by atoms with Gasteiger partial charge in [-0.2, -0.15) is 0 Å². The van der Waals surface area contributed by atoms with Gasteiger partial charge in [-0.1, -0.05) is 91.1 Å². The van der Waals surface area contributed by atoms with Crippen molar-refractivity contribution in [3.05, 3.63) is 78.4 Å². The van der Waals surface area contributed by atoms with Crippen LogP contribution in [0, 0.1) is 0 Å². The summed E-state index contributed by atoms with van der Waals surface area (Å²) in [5, 5.41) is 1.55. The summed E-state index contributed by atoms with van der Waals surface area (Å²) in [5.74, 6) is 0.531. The molecule has 0 saturated heterocycles. The summed E-state index contributed by atoms with van der Waals surface area (Å²) in [6.45, 7) is 7.07. The Kier molecular flexibility index (Phi) is 4.97. The van der Waals surface area contributed by atoms with E-state index in [9.17, 15) is 0 Å². The van der Waals surface area contributed by atoms with Gasteiger partial charge in [0.05, 0.1) is 8.07 Å². The van der Waals surface area contributed by atoms with Gasteiger partial charge in [-0.3, -0.25) is 0 Å². The van der Waals surface area contributed by atoms with Gasteiger partial charge in [0.2, 0.25) is 0 Å². The molecule has 0 N–H and O–H groups in total. The number of hydrogen-bond donors (Lipinski definition) is 0. The lowest BCUT2D eigenvalue weighted by molar-refractivity contribution is 0.940. The maximum atomic E-state index is 2.47. The normalized spacial score (nSPS) is 13.6. The predicted molar refractivity (Wildman–Crippen MR) is 92.4 cm³/mol. The first-order valence-electron chi connectivity index (χ1n) is 7.37. The molecule has 0 aliphatic carbocycles. The molecule has 2 aromatic carbocycles. The molecule has 0 nitrogen and oxygen atoms in total. The molecule has 0 radical (unpaired) electrons. The first-order chi connectivity index (χ1) is 9.63. The highest BCUT2D eigenvalue weighted by Crippen LogP contribution is 2.27. The van der Waals surface area contributed by atoms with Crippen molar-refractivity contribution in [2.75, 3.05) is 0 Å². The van der Waals surface area contributed by atoms with Crippen molar-refractivity contribution in [1.29, 1.82) is 0 Å². The Labute approximate surface area is 124 Å². The second-order valence-corrected chi connectivity index (χ2v) is 10.8. The van der Waals surface area contributed by atoms with Gasteiger partial charge in [0, 0.05) is 0 Å². The lowest BCUT2D eigenvalue weighted by atomic mass is 10.0. The Morgan fingerprint density at radius 2 is 1.45 bits per heavy atom. The van der Waals surface area contributed by atoms with Crippen LogP contribution in [0.15, 0.2) is 72.8 Å². The van der Waals surface area contributed by atoms with Gasteiger partial charge in [0.25, 0.3) is 0 Å². The van der Waals surface area contributed by atoms with Gasteiger partial charge in [-0.15, -0.1) is 0 Å². The van der Waals surface area contributed by atoms with E-state index < -0.39 is 8.07 Å². The number of rotatable bonds is 5. The number of allylic oxidation sites excluding steroid dienone is 2. The van der Waals surface area contributed by atoms with Crippen molar-refractivity contribution in [3.8, 4) is 0 Å². The molecule has 1 heteroatoms. The standard InChI is InChI=1S/C19H24Si/c1-4-11-18(17-12-7-5-8-13-17)16-20(2,3)19-14-9-6-10-15-19/h4-15,18H,16H2,1-3H3/b11-4+. The third-order valence-corrected chi connectivity index (χ3v) is 7.29. The second-order valence-electron chi connectivity index (χ2n) is 6.00. The van der Waals surface area contributed by atoms with E-state index in [4.69, 9.17) is 0 Å². The third-order valence-electron chi connectivity index (χ3n) is 3.94. The average molecular weight is 280 g/mol. The first-order valence-corrected chi connectivity index (χ1v) is 10.6. The minimum atomic E-state index is -1.41. The van der Waals surface area contributed by atoms with Crippen LogP contribution in [-0.2, 0) is 0 Å². The number of hydrogen-bond acceptors (Lipinski definition) is 0. The zero-order chi connectivity index (χ0) is 14.4.